The Balaban J connectivity index is 2.46. The molecule has 0 saturated carbocycles. The average Bonchev–Trinajstić information content (AvgIpc) is 2.70. The number of hydrogen-bond donors (Lipinski definition) is 0. The molecule has 0 bridgehead atoms. The van der Waals surface area contributed by atoms with Crippen LogP contribution < -0.4 is 4.90 Å². The van der Waals surface area contributed by atoms with E-state index in [2.05, 4.69) is 0 Å². The number of carbonyl (C=O) groups is 1. The Labute approximate surface area is 117 Å². The van der Waals surface area contributed by atoms with Gasteiger partial charge in [-0.3, -0.25) is 14.9 Å². The van der Waals surface area contributed by atoms with Gasteiger partial charge in [-0.15, -0.1) is 0 Å². The van der Waals surface area contributed by atoms with Crippen molar-refractivity contribution < 1.29 is 22.5 Å². The van der Waals surface area contributed by atoms with Crippen LogP contribution in [0.1, 0.15) is 6.42 Å². The standard InChI is InChI=1S/C10H8ClFN2O5S/c11-20(18,19)6-4-9(15)13(5-6)8-3-1-2-7(12)10(8)14(16)17/h1-3,6H,4-5H2. The van der Waals surface area contributed by atoms with E-state index >= 15 is 0 Å². The van der Waals surface area contributed by atoms with Crippen molar-refractivity contribution >= 4 is 37.0 Å². The fraction of sp³-hybridized carbons (Fsp3) is 0.300. The molecule has 1 fully saturated rings. The van der Waals surface area contributed by atoms with Gasteiger partial charge in [0.05, 0.1) is 4.92 Å². The van der Waals surface area contributed by atoms with Gasteiger partial charge in [0.25, 0.3) is 0 Å². The average molecular weight is 323 g/mol. The molecule has 0 aromatic heterocycles. The SMILES string of the molecule is O=C1CC(S(=O)(=O)Cl)CN1c1cccc(F)c1[N+](=O)[O-]. The molecular weight excluding hydrogens is 315 g/mol. The van der Waals surface area contributed by atoms with Crippen molar-refractivity contribution in [2.75, 3.05) is 11.4 Å². The number of anilines is 1. The molecule has 1 atom stereocenters. The highest BCUT2D eigenvalue weighted by molar-refractivity contribution is 8.14. The van der Waals surface area contributed by atoms with E-state index in [0.29, 0.717) is 0 Å². The van der Waals surface area contributed by atoms with Crippen molar-refractivity contribution in [3.8, 4) is 0 Å². The van der Waals surface area contributed by atoms with E-state index in [0.717, 1.165) is 11.0 Å². The number of hydrogen-bond acceptors (Lipinski definition) is 5. The molecule has 20 heavy (non-hydrogen) atoms. The van der Waals surface area contributed by atoms with E-state index in [1.807, 2.05) is 0 Å². The number of halogens is 2. The third-order valence-electron chi connectivity index (χ3n) is 2.93. The third-order valence-corrected chi connectivity index (χ3v) is 4.79. The number of nitrogens with zero attached hydrogens (tertiary/aromatic N) is 2. The predicted octanol–water partition coefficient (Wildman–Crippen LogP) is 1.41. The van der Waals surface area contributed by atoms with Crippen molar-refractivity contribution in [2.45, 2.75) is 11.7 Å². The number of amides is 1. The Kier molecular flexibility index (Phi) is 3.65. The van der Waals surface area contributed by atoms with Gasteiger partial charge in [0, 0.05) is 23.6 Å². The first-order chi connectivity index (χ1) is 9.21. The van der Waals surface area contributed by atoms with Gasteiger partial charge in [0.15, 0.2) is 0 Å². The highest BCUT2D eigenvalue weighted by Crippen LogP contribution is 2.34. The third kappa shape index (κ3) is 2.59. The molecule has 1 saturated heterocycles. The molecule has 1 unspecified atom stereocenters. The summed E-state index contributed by atoms with van der Waals surface area (Å²) in [4.78, 5) is 22.6. The molecule has 0 N–H and O–H groups in total. The summed E-state index contributed by atoms with van der Waals surface area (Å²) in [5.41, 5.74) is -1.14. The minimum absolute atomic E-state index is 0.275. The van der Waals surface area contributed by atoms with Gasteiger partial charge in [-0.1, -0.05) is 6.07 Å². The summed E-state index contributed by atoms with van der Waals surface area (Å²) < 4.78 is 35.9. The monoisotopic (exact) mass is 322 g/mol. The minimum atomic E-state index is -3.97. The summed E-state index contributed by atoms with van der Waals surface area (Å²) in [7, 11) is 1.20. The number of nitro benzene ring substituents is 1. The second-order valence-corrected chi connectivity index (χ2v) is 7.08. The first kappa shape index (κ1) is 14.7. The molecule has 1 aliphatic rings. The topological polar surface area (TPSA) is 97.6 Å². The quantitative estimate of drug-likeness (QED) is 0.476. The number of nitro groups is 1. The lowest BCUT2D eigenvalue weighted by Crippen LogP contribution is -2.27. The van der Waals surface area contributed by atoms with Crippen LogP contribution in [0.4, 0.5) is 15.8 Å². The molecule has 7 nitrogen and oxygen atoms in total. The lowest BCUT2D eigenvalue weighted by molar-refractivity contribution is -0.386. The van der Waals surface area contributed by atoms with E-state index in [1.54, 1.807) is 0 Å². The molecule has 0 aliphatic carbocycles. The zero-order valence-electron chi connectivity index (χ0n) is 9.82. The summed E-state index contributed by atoms with van der Waals surface area (Å²) >= 11 is 0. The van der Waals surface area contributed by atoms with Crippen LogP contribution in [0.25, 0.3) is 0 Å². The fourth-order valence-electron chi connectivity index (χ4n) is 2.00. The maximum atomic E-state index is 13.5. The summed E-state index contributed by atoms with van der Waals surface area (Å²) in [6.07, 6.45) is -0.389. The summed E-state index contributed by atoms with van der Waals surface area (Å²) in [5.74, 6) is -1.76. The zero-order chi connectivity index (χ0) is 15.1. The van der Waals surface area contributed by atoms with Crippen molar-refractivity contribution in [2.24, 2.45) is 0 Å². The van der Waals surface area contributed by atoms with Crippen molar-refractivity contribution in [1.82, 2.24) is 0 Å². The maximum Gasteiger partial charge on any atom is 0.328 e. The Morgan fingerprint density at radius 3 is 2.60 bits per heavy atom. The number of benzene rings is 1. The summed E-state index contributed by atoms with van der Waals surface area (Å²) in [6.45, 7) is -0.338. The Morgan fingerprint density at radius 2 is 2.10 bits per heavy atom. The van der Waals surface area contributed by atoms with E-state index < -0.39 is 36.6 Å². The van der Waals surface area contributed by atoms with Gasteiger partial charge in [-0.05, 0) is 12.1 Å². The van der Waals surface area contributed by atoms with E-state index in [9.17, 15) is 27.7 Å². The lowest BCUT2D eigenvalue weighted by atomic mass is 10.2. The van der Waals surface area contributed by atoms with Crippen LogP contribution in [0.15, 0.2) is 18.2 Å². The Morgan fingerprint density at radius 1 is 1.45 bits per heavy atom. The molecule has 1 aromatic rings. The summed E-state index contributed by atoms with van der Waals surface area (Å²) in [6, 6.07) is 3.27. The van der Waals surface area contributed by atoms with Gasteiger partial charge in [0.2, 0.25) is 20.8 Å². The first-order valence-corrected chi connectivity index (χ1v) is 7.76. The summed E-state index contributed by atoms with van der Waals surface area (Å²) in [5, 5.41) is 9.70. The normalized spacial score (nSPS) is 19.4. The second-order valence-electron chi connectivity index (χ2n) is 4.17. The molecule has 0 radical (unpaired) electrons. The van der Waals surface area contributed by atoms with Crippen LogP contribution in [0.5, 0.6) is 0 Å². The predicted molar refractivity (Wildman–Crippen MR) is 68.6 cm³/mol. The lowest BCUT2D eigenvalue weighted by Gasteiger charge is -2.16. The molecule has 2 rings (SSSR count). The van der Waals surface area contributed by atoms with E-state index in [1.165, 1.54) is 12.1 Å². The smallest absolute Gasteiger partial charge is 0.305 e. The van der Waals surface area contributed by atoms with Crippen molar-refractivity contribution in [3.63, 3.8) is 0 Å². The van der Waals surface area contributed by atoms with E-state index in [-0.39, 0.29) is 18.7 Å². The zero-order valence-corrected chi connectivity index (χ0v) is 11.4. The van der Waals surface area contributed by atoms with Gasteiger partial charge in [-0.2, -0.15) is 4.39 Å². The highest BCUT2D eigenvalue weighted by Gasteiger charge is 2.40. The number of para-hydroxylation sites is 1. The molecule has 1 aromatic carbocycles. The van der Waals surface area contributed by atoms with Crippen molar-refractivity contribution in [3.05, 3.63) is 34.1 Å². The Hall–Kier alpha value is -1.74. The van der Waals surface area contributed by atoms with Gasteiger partial charge in [0.1, 0.15) is 10.9 Å². The van der Waals surface area contributed by atoms with Gasteiger partial charge in [-0.25, -0.2) is 8.42 Å². The van der Waals surface area contributed by atoms with Crippen LogP contribution in [-0.2, 0) is 13.8 Å². The molecule has 10 heteroatoms. The molecule has 1 amide bonds. The van der Waals surface area contributed by atoms with E-state index in [4.69, 9.17) is 10.7 Å². The first-order valence-electron chi connectivity index (χ1n) is 5.38. The molecule has 1 aliphatic heterocycles. The highest BCUT2D eigenvalue weighted by atomic mass is 35.7. The van der Waals surface area contributed by atoms with Gasteiger partial charge < -0.3 is 4.90 Å². The molecule has 1 heterocycles. The molecule has 108 valence electrons. The molecule has 0 spiro atoms. The second kappa shape index (κ2) is 4.98. The Bertz CT molecular complexity index is 693. The number of rotatable bonds is 3. The number of carbonyl (C=O) groups excluding carboxylic acids is 1. The van der Waals surface area contributed by atoms with Gasteiger partial charge >= 0.3 is 5.69 Å². The van der Waals surface area contributed by atoms with Crippen molar-refractivity contribution in [1.29, 1.82) is 0 Å². The fourth-order valence-corrected chi connectivity index (χ4v) is 3.03. The molecular formula is C10H8ClFN2O5S. The van der Waals surface area contributed by atoms with Crippen LogP contribution in [0.3, 0.4) is 0 Å². The minimum Gasteiger partial charge on any atom is -0.305 e. The largest absolute Gasteiger partial charge is 0.328 e. The van der Waals surface area contributed by atoms with Crippen LogP contribution in [-0.4, -0.2) is 31.0 Å². The van der Waals surface area contributed by atoms with Crippen LogP contribution in [0, 0.1) is 15.9 Å². The van der Waals surface area contributed by atoms with Crippen LogP contribution in [0.2, 0.25) is 0 Å². The van der Waals surface area contributed by atoms with Crippen LogP contribution >= 0.6 is 10.7 Å². The maximum absolute atomic E-state index is 13.5.